The van der Waals surface area contributed by atoms with Crippen LogP contribution < -0.4 is 11.1 Å². The molecule has 0 aliphatic carbocycles. The minimum Gasteiger partial charge on any atom is -0.378 e. The molecular formula is C22H21F2N5O2S. The third-order valence-corrected chi connectivity index (χ3v) is 6.40. The first-order chi connectivity index (χ1) is 15.2. The number of benzene rings is 1. The zero-order valence-electron chi connectivity index (χ0n) is 17.6. The summed E-state index contributed by atoms with van der Waals surface area (Å²) in [5.41, 5.74) is 7.53. The van der Waals surface area contributed by atoms with Crippen LogP contribution in [-0.4, -0.2) is 21.2 Å². The van der Waals surface area contributed by atoms with Gasteiger partial charge in [-0.3, -0.25) is 9.79 Å². The van der Waals surface area contributed by atoms with Crippen molar-refractivity contribution >= 4 is 28.5 Å². The van der Waals surface area contributed by atoms with E-state index in [1.807, 2.05) is 13.8 Å². The molecule has 2 aromatic heterocycles. The van der Waals surface area contributed by atoms with Crippen molar-refractivity contribution in [3.05, 3.63) is 76.4 Å². The van der Waals surface area contributed by atoms with Gasteiger partial charge in [0.05, 0.1) is 17.4 Å². The van der Waals surface area contributed by atoms with Crippen LogP contribution in [0.25, 0.3) is 0 Å². The molecule has 10 heteroatoms. The molecule has 0 saturated heterocycles. The van der Waals surface area contributed by atoms with Crippen LogP contribution >= 0.6 is 11.8 Å². The highest BCUT2D eigenvalue weighted by atomic mass is 32.2. The Morgan fingerprint density at radius 1 is 1.28 bits per heavy atom. The first-order valence-electron chi connectivity index (χ1n) is 9.84. The van der Waals surface area contributed by atoms with E-state index in [0.29, 0.717) is 28.6 Å². The molecule has 1 aliphatic rings. The van der Waals surface area contributed by atoms with Crippen molar-refractivity contribution in [1.29, 1.82) is 0 Å². The number of nitrogens with zero attached hydrogens (tertiary/aromatic N) is 3. The van der Waals surface area contributed by atoms with Gasteiger partial charge in [0.25, 0.3) is 5.91 Å². The van der Waals surface area contributed by atoms with Crippen molar-refractivity contribution < 1.29 is 18.1 Å². The summed E-state index contributed by atoms with van der Waals surface area (Å²) in [6.45, 7) is 5.48. The summed E-state index contributed by atoms with van der Waals surface area (Å²) in [6.07, 6.45) is 1.41. The van der Waals surface area contributed by atoms with Gasteiger partial charge in [-0.1, -0.05) is 16.9 Å². The summed E-state index contributed by atoms with van der Waals surface area (Å²) in [4.78, 5) is 20.8. The minimum absolute atomic E-state index is 0.0401. The Hall–Kier alpha value is -3.27. The molecular weight excluding hydrogens is 436 g/mol. The average molecular weight is 458 g/mol. The molecule has 166 valence electrons. The number of hydrogen-bond acceptors (Lipinski definition) is 7. The molecule has 0 unspecified atom stereocenters. The van der Waals surface area contributed by atoms with Gasteiger partial charge in [-0.2, -0.15) is 0 Å². The topological polar surface area (TPSA) is 106 Å². The first-order valence-corrected chi connectivity index (χ1v) is 10.7. The molecule has 0 saturated carbocycles. The van der Waals surface area contributed by atoms with E-state index in [2.05, 4.69) is 20.4 Å². The van der Waals surface area contributed by atoms with Crippen molar-refractivity contribution in [2.45, 2.75) is 38.0 Å². The number of amides is 1. The Balaban J connectivity index is 1.65. The van der Waals surface area contributed by atoms with Gasteiger partial charge >= 0.3 is 0 Å². The molecule has 3 heterocycles. The second-order valence-electron chi connectivity index (χ2n) is 7.78. The molecule has 2 atom stereocenters. The lowest BCUT2D eigenvalue weighted by atomic mass is 9.85. The van der Waals surface area contributed by atoms with Crippen LogP contribution in [0.3, 0.4) is 0 Å². The summed E-state index contributed by atoms with van der Waals surface area (Å²) in [5, 5.41) is 6.89. The van der Waals surface area contributed by atoms with Crippen molar-refractivity contribution in [2.75, 3.05) is 5.32 Å². The number of halogens is 2. The zero-order valence-corrected chi connectivity index (χ0v) is 18.5. The third kappa shape index (κ3) is 4.22. The largest absolute Gasteiger partial charge is 0.378 e. The maximum Gasteiger partial charge on any atom is 0.274 e. The molecule has 32 heavy (non-hydrogen) atoms. The Morgan fingerprint density at radius 3 is 2.72 bits per heavy atom. The monoisotopic (exact) mass is 457 g/mol. The third-order valence-electron chi connectivity index (χ3n) is 5.38. The maximum absolute atomic E-state index is 14.9. The van der Waals surface area contributed by atoms with Crippen molar-refractivity contribution in [3.63, 3.8) is 0 Å². The average Bonchev–Trinajstić information content (AvgIpc) is 3.07. The molecule has 0 spiro atoms. The van der Waals surface area contributed by atoms with Crippen LogP contribution in [0.15, 0.2) is 46.0 Å². The number of nitrogens with two attached hydrogens (primary N) is 1. The summed E-state index contributed by atoms with van der Waals surface area (Å²) in [7, 11) is 0. The van der Waals surface area contributed by atoms with Gasteiger partial charge in [0, 0.05) is 22.1 Å². The fourth-order valence-corrected chi connectivity index (χ4v) is 5.27. The van der Waals surface area contributed by atoms with E-state index in [-0.39, 0.29) is 10.9 Å². The zero-order chi connectivity index (χ0) is 23.0. The molecule has 0 bridgehead atoms. The van der Waals surface area contributed by atoms with Crippen LogP contribution in [0.5, 0.6) is 0 Å². The van der Waals surface area contributed by atoms with Gasteiger partial charge in [0.1, 0.15) is 23.1 Å². The van der Waals surface area contributed by atoms with E-state index in [1.54, 1.807) is 6.92 Å². The van der Waals surface area contributed by atoms with Crippen molar-refractivity contribution in [2.24, 2.45) is 10.7 Å². The number of aryl methyl sites for hydroxylation is 2. The molecule has 0 fully saturated rings. The number of pyridine rings is 1. The Kier molecular flexibility index (Phi) is 5.72. The van der Waals surface area contributed by atoms with Crippen LogP contribution in [-0.2, 0) is 5.54 Å². The summed E-state index contributed by atoms with van der Waals surface area (Å²) in [6, 6.07) is 6.67. The number of thioether (sulfide) groups is 1. The quantitative estimate of drug-likeness (QED) is 0.592. The number of aromatic nitrogens is 2. The lowest BCUT2D eigenvalue weighted by Gasteiger charge is -2.35. The van der Waals surface area contributed by atoms with Crippen molar-refractivity contribution in [1.82, 2.24) is 10.1 Å². The van der Waals surface area contributed by atoms with Crippen LogP contribution in [0, 0.1) is 25.5 Å². The highest BCUT2D eigenvalue weighted by molar-refractivity contribution is 8.14. The molecule has 1 aliphatic heterocycles. The van der Waals surface area contributed by atoms with E-state index < -0.39 is 23.1 Å². The van der Waals surface area contributed by atoms with Crippen LogP contribution in [0.1, 0.15) is 51.7 Å². The molecule has 0 radical (unpaired) electrons. The normalized spacial score (nSPS) is 20.7. The highest BCUT2D eigenvalue weighted by Gasteiger charge is 2.39. The van der Waals surface area contributed by atoms with E-state index in [9.17, 15) is 13.6 Å². The van der Waals surface area contributed by atoms with E-state index in [0.717, 1.165) is 23.5 Å². The number of hydrogen-bond donors (Lipinski definition) is 2. The predicted molar refractivity (Wildman–Crippen MR) is 118 cm³/mol. The summed E-state index contributed by atoms with van der Waals surface area (Å²) < 4.78 is 33.3. The fourth-order valence-electron chi connectivity index (χ4n) is 3.87. The van der Waals surface area contributed by atoms with Gasteiger partial charge in [-0.15, -0.1) is 0 Å². The molecule has 3 aromatic rings. The van der Waals surface area contributed by atoms with Crippen LogP contribution in [0.4, 0.5) is 14.5 Å². The van der Waals surface area contributed by atoms with E-state index in [4.69, 9.17) is 10.3 Å². The lowest BCUT2D eigenvalue weighted by molar-refractivity contribution is 0.102. The van der Waals surface area contributed by atoms with Crippen LogP contribution in [0.2, 0.25) is 0 Å². The standard InChI is InChI=1S/C22H21F2N5O2S/c1-11-19(12(2)31-29-11)18-9-22(3,28-21(25)32-18)15-8-14(5-6-16(15)24)27-20(30)17-7-4-13(23)10-26-17/h4-8,10,18H,9H2,1-3H3,(H2,25,28)(H,27,30)/t18-,22+/m0/s1. The first kappa shape index (κ1) is 21.9. The predicted octanol–water partition coefficient (Wildman–Crippen LogP) is 4.63. The molecule has 1 amide bonds. The number of nitrogens with one attached hydrogen (secondary N) is 1. The smallest absolute Gasteiger partial charge is 0.274 e. The highest BCUT2D eigenvalue weighted by Crippen LogP contribution is 2.48. The number of anilines is 1. The lowest BCUT2D eigenvalue weighted by Crippen LogP contribution is -2.31. The number of rotatable bonds is 4. The fraction of sp³-hybridized carbons (Fsp3) is 0.273. The van der Waals surface area contributed by atoms with Gasteiger partial charge < -0.3 is 15.6 Å². The molecule has 7 nitrogen and oxygen atoms in total. The molecule has 1 aromatic carbocycles. The molecule has 4 rings (SSSR count). The summed E-state index contributed by atoms with van der Waals surface area (Å²) in [5.74, 6) is -0.864. The Bertz CT molecular complexity index is 1190. The number of amidine groups is 1. The van der Waals surface area contributed by atoms with Gasteiger partial charge in [0.15, 0.2) is 5.17 Å². The van der Waals surface area contributed by atoms with Gasteiger partial charge in [-0.05, 0) is 57.5 Å². The second-order valence-corrected chi connectivity index (χ2v) is 9.01. The summed E-state index contributed by atoms with van der Waals surface area (Å²) >= 11 is 1.39. The minimum atomic E-state index is -0.977. The van der Waals surface area contributed by atoms with E-state index in [1.165, 1.54) is 36.0 Å². The number of aliphatic imine (C=N–C) groups is 1. The SMILES string of the molecule is Cc1noc(C)c1[C@@H]1C[C@](C)(c2cc(NC(=O)c3ccc(F)cn3)ccc2F)N=C(N)S1. The maximum atomic E-state index is 14.9. The Labute approximate surface area is 187 Å². The molecule has 3 N–H and O–H groups in total. The second kappa shape index (κ2) is 8.34. The Morgan fingerprint density at radius 2 is 2.06 bits per heavy atom. The van der Waals surface area contributed by atoms with Gasteiger partial charge in [-0.25, -0.2) is 13.8 Å². The number of carbonyl (C=O) groups excluding carboxylic acids is 1. The van der Waals surface area contributed by atoms with Gasteiger partial charge in [0.2, 0.25) is 0 Å². The number of carbonyl (C=O) groups is 1. The van der Waals surface area contributed by atoms with Crippen molar-refractivity contribution in [3.8, 4) is 0 Å². The van der Waals surface area contributed by atoms with E-state index >= 15 is 0 Å².